The molecule has 5 nitrogen and oxygen atoms in total. The summed E-state index contributed by atoms with van der Waals surface area (Å²) in [6.45, 7) is 2.38. The molecule has 0 spiro atoms. The van der Waals surface area contributed by atoms with Gasteiger partial charge >= 0.3 is 0 Å². The highest BCUT2D eigenvalue weighted by Gasteiger charge is 2.20. The van der Waals surface area contributed by atoms with E-state index in [0.717, 1.165) is 18.7 Å². The molecule has 86 valence electrons. The average molecular weight is 240 g/mol. The molecular weight excluding hydrogens is 227 g/mol. The summed E-state index contributed by atoms with van der Waals surface area (Å²) in [7, 11) is 2.65. The third-order valence-corrected chi connectivity index (χ3v) is 3.04. The van der Waals surface area contributed by atoms with E-state index in [1.807, 2.05) is 0 Å². The maximum atomic E-state index is 10.5. The number of benzene rings is 1. The lowest BCUT2D eigenvalue weighted by Gasteiger charge is -2.29. The molecule has 2 rings (SSSR count). The quantitative estimate of drug-likeness (QED) is 0.449. The fraction of sp³-hybridized carbons (Fsp3) is 0.400. The number of nitrogens with zero attached hydrogens (tertiary/aromatic N) is 2. The monoisotopic (exact) mass is 240 g/mol. The zero-order valence-electron chi connectivity index (χ0n) is 8.70. The van der Waals surface area contributed by atoms with Crippen LogP contribution in [0.5, 0.6) is 0 Å². The van der Waals surface area contributed by atoms with Gasteiger partial charge in [-0.1, -0.05) is 9.39 Å². The lowest BCUT2D eigenvalue weighted by molar-refractivity contribution is -0.384. The highest BCUT2D eigenvalue weighted by Crippen LogP contribution is 2.25. The molecule has 6 heteroatoms. The maximum absolute atomic E-state index is 10.5. The van der Waals surface area contributed by atoms with Gasteiger partial charge in [0.05, 0.1) is 17.6 Å². The van der Waals surface area contributed by atoms with E-state index < -0.39 is 4.92 Å². The molecule has 1 aliphatic heterocycles. The molecule has 0 saturated carbocycles. The van der Waals surface area contributed by atoms with E-state index in [1.54, 1.807) is 12.1 Å². The van der Waals surface area contributed by atoms with Gasteiger partial charge in [0.1, 0.15) is 0 Å². The number of nitro benzene ring substituents is 1. The summed E-state index contributed by atoms with van der Waals surface area (Å²) in [5.74, 6) is 0. The van der Waals surface area contributed by atoms with Gasteiger partial charge in [-0.05, 0) is 17.7 Å². The van der Waals surface area contributed by atoms with Crippen LogP contribution < -0.4 is 0 Å². The van der Waals surface area contributed by atoms with Crippen LogP contribution in [0.15, 0.2) is 24.3 Å². The van der Waals surface area contributed by atoms with E-state index in [1.165, 1.54) is 12.1 Å². The van der Waals surface area contributed by atoms with Gasteiger partial charge in [-0.25, -0.2) is 0 Å². The molecule has 2 atom stereocenters. The molecule has 0 aliphatic carbocycles. The zero-order valence-corrected chi connectivity index (χ0v) is 9.86. The van der Waals surface area contributed by atoms with Crippen molar-refractivity contribution in [2.24, 2.45) is 0 Å². The summed E-state index contributed by atoms with van der Waals surface area (Å²) in [4.78, 5) is 10.1. The molecule has 1 aromatic carbocycles. The third kappa shape index (κ3) is 2.55. The Bertz CT molecular complexity index is 382. The summed E-state index contributed by atoms with van der Waals surface area (Å²) in [6.07, 6.45) is 0.00653. The molecule has 1 heterocycles. The summed E-state index contributed by atoms with van der Waals surface area (Å²) in [5, 5.41) is 10.5. The van der Waals surface area contributed by atoms with Crippen LogP contribution in [-0.2, 0) is 4.74 Å². The molecule has 0 radical (unpaired) electrons. The number of hydrogen-bond acceptors (Lipinski definition) is 4. The number of hydrogen-bond donors (Lipinski definition) is 0. The van der Waals surface area contributed by atoms with Gasteiger partial charge in [0.2, 0.25) is 0 Å². The van der Waals surface area contributed by atoms with Crippen LogP contribution in [0.3, 0.4) is 0 Å². The van der Waals surface area contributed by atoms with Crippen LogP contribution in [0, 0.1) is 10.1 Å². The first-order valence-corrected chi connectivity index (χ1v) is 5.54. The van der Waals surface area contributed by atoms with Crippen LogP contribution >= 0.6 is 9.39 Å². The van der Waals surface area contributed by atoms with E-state index in [4.69, 9.17) is 4.74 Å². The molecule has 1 saturated heterocycles. The van der Waals surface area contributed by atoms with E-state index in [-0.39, 0.29) is 11.8 Å². The van der Waals surface area contributed by atoms with Crippen LogP contribution in [0.25, 0.3) is 0 Å². The van der Waals surface area contributed by atoms with Crippen molar-refractivity contribution in [3.05, 3.63) is 39.9 Å². The summed E-state index contributed by atoms with van der Waals surface area (Å²) >= 11 is 0. The van der Waals surface area contributed by atoms with Gasteiger partial charge in [-0.15, -0.1) is 0 Å². The molecule has 1 aromatic rings. The predicted octanol–water partition coefficient (Wildman–Crippen LogP) is 1.76. The topological polar surface area (TPSA) is 55.6 Å². The van der Waals surface area contributed by atoms with Crippen LogP contribution in [0.2, 0.25) is 0 Å². The number of non-ortho nitro benzene ring substituents is 1. The Morgan fingerprint density at radius 2 is 2.12 bits per heavy atom. The van der Waals surface area contributed by atoms with Gasteiger partial charge in [0.25, 0.3) is 5.69 Å². The second kappa shape index (κ2) is 4.87. The zero-order chi connectivity index (χ0) is 11.5. The van der Waals surface area contributed by atoms with Gasteiger partial charge in [-0.2, -0.15) is 0 Å². The average Bonchev–Trinajstić information content (AvgIpc) is 2.29. The smallest absolute Gasteiger partial charge is 0.269 e. The van der Waals surface area contributed by atoms with Crippen molar-refractivity contribution in [1.82, 2.24) is 4.67 Å². The number of nitro groups is 1. The lowest BCUT2D eigenvalue weighted by atomic mass is 10.1. The Morgan fingerprint density at radius 3 is 2.69 bits per heavy atom. The highest BCUT2D eigenvalue weighted by molar-refractivity contribution is 7.13. The standard InChI is InChI=1S/C10H13N2O3P/c13-12(14)9-3-1-8(2-4-9)10-7-11(16)5-6-15-10/h1-4,10H,5-7,16H2. The van der Waals surface area contributed by atoms with Gasteiger partial charge in [0.15, 0.2) is 0 Å². The van der Waals surface area contributed by atoms with Crippen molar-refractivity contribution in [3.8, 4) is 0 Å². The van der Waals surface area contributed by atoms with Gasteiger partial charge < -0.3 is 4.74 Å². The first-order valence-electron chi connectivity index (χ1n) is 5.02. The van der Waals surface area contributed by atoms with Crippen molar-refractivity contribution < 1.29 is 9.66 Å². The molecule has 0 amide bonds. The lowest BCUT2D eigenvalue weighted by Crippen LogP contribution is -2.31. The first kappa shape index (κ1) is 11.5. The van der Waals surface area contributed by atoms with E-state index >= 15 is 0 Å². The van der Waals surface area contributed by atoms with E-state index in [9.17, 15) is 10.1 Å². The molecule has 0 N–H and O–H groups in total. The molecule has 1 fully saturated rings. The molecule has 0 bridgehead atoms. The maximum Gasteiger partial charge on any atom is 0.269 e. The third-order valence-electron chi connectivity index (χ3n) is 2.57. The Kier molecular flexibility index (Phi) is 3.49. The number of rotatable bonds is 2. The summed E-state index contributed by atoms with van der Waals surface area (Å²) < 4.78 is 7.72. The molecule has 16 heavy (non-hydrogen) atoms. The second-order valence-corrected chi connectivity index (χ2v) is 4.43. The molecule has 0 aromatic heterocycles. The fourth-order valence-electron chi connectivity index (χ4n) is 1.68. The normalized spacial score (nSPS) is 21.9. The summed E-state index contributed by atoms with van der Waals surface area (Å²) in [5.41, 5.74) is 1.10. The first-order chi connectivity index (χ1) is 7.66. The Hall–Kier alpha value is -1.03. The minimum absolute atomic E-state index is 0.00653. The minimum atomic E-state index is -0.395. The minimum Gasteiger partial charge on any atom is -0.371 e. The van der Waals surface area contributed by atoms with Crippen molar-refractivity contribution in [2.45, 2.75) is 6.10 Å². The van der Waals surface area contributed by atoms with Gasteiger partial charge in [0, 0.05) is 25.2 Å². The fourth-order valence-corrected chi connectivity index (χ4v) is 1.98. The van der Waals surface area contributed by atoms with Crippen molar-refractivity contribution in [3.63, 3.8) is 0 Å². The largest absolute Gasteiger partial charge is 0.371 e. The Balaban J connectivity index is 2.11. The molecular formula is C10H13N2O3P. The Labute approximate surface area is 95.8 Å². The predicted molar refractivity (Wildman–Crippen MR) is 63.1 cm³/mol. The second-order valence-electron chi connectivity index (χ2n) is 3.70. The van der Waals surface area contributed by atoms with Crippen molar-refractivity contribution >= 4 is 15.1 Å². The van der Waals surface area contributed by atoms with E-state index in [2.05, 4.69) is 14.1 Å². The SMILES string of the molecule is O=[N+]([O-])c1ccc(C2CN(P)CCO2)cc1. The van der Waals surface area contributed by atoms with Crippen molar-refractivity contribution in [1.29, 1.82) is 0 Å². The van der Waals surface area contributed by atoms with Gasteiger partial charge in [-0.3, -0.25) is 14.8 Å². The Morgan fingerprint density at radius 1 is 1.44 bits per heavy atom. The molecule has 2 unspecified atom stereocenters. The van der Waals surface area contributed by atoms with E-state index in [0.29, 0.717) is 6.61 Å². The summed E-state index contributed by atoms with van der Waals surface area (Å²) in [6, 6.07) is 6.54. The number of morpholine rings is 1. The molecule has 1 aliphatic rings. The van der Waals surface area contributed by atoms with Crippen molar-refractivity contribution in [2.75, 3.05) is 19.7 Å². The van der Waals surface area contributed by atoms with Crippen LogP contribution in [0.4, 0.5) is 5.69 Å². The number of ether oxygens (including phenoxy) is 1. The highest BCUT2D eigenvalue weighted by atomic mass is 31.0. The van der Waals surface area contributed by atoms with Crippen LogP contribution in [0.1, 0.15) is 11.7 Å². The van der Waals surface area contributed by atoms with Crippen LogP contribution in [-0.4, -0.2) is 29.3 Å².